The van der Waals surface area contributed by atoms with Crippen molar-refractivity contribution in [2.75, 3.05) is 11.1 Å². The van der Waals surface area contributed by atoms with Gasteiger partial charge in [0.1, 0.15) is 0 Å². The number of amides is 1. The van der Waals surface area contributed by atoms with Crippen molar-refractivity contribution in [1.82, 2.24) is 0 Å². The van der Waals surface area contributed by atoms with Crippen LogP contribution in [0.3, 0.4) is 0 Å². The van der Waals surface area contributed by atoms with Crippen molar-refractivity contribution in [2.45, 2.75) is 11.8 Å². The number of anilines is 1. The van der Waals surface area contributed by atoms with Crippen molar-refractivity contribution in [3.05, 3.63) is 94.5 Å². The van der Waals surface area contributed by atoms with Crippen LogP contribution in [0.2, 0.25) is 0 Å². The molecule has 1 amide bonds. The van der Waals surface area contributed by atoms with E-state index in [0.29, 0.717) is 5.56 Å². The fourth-order valence-corrected chi connectivity index (χ4v) is 4.61. The Morgan fingerprint density at radius 2 is 1.40 bits per heavy atom. The summed E-state index contributed by atoms with van der Waals surface area (Å²) in [4.78, 5) is 38.8. The number of benzene rings is 3. The van der Waals surface area contributed by atoms with E-state index in [1.807, 2.05) is 0 Å². The summed E-state index contributed by atoms with van der Waals surface area (Å²) in [5.41, 5.74) is 1.03. The fraction of sp³-hybridized carbons (Fsp3) is 0.0870. The Balaban J connectivity index is 1.78. The van der Waals surface area contributed by atoms with Crippen LogP contribution < -0.4 is 5.32 Å². The van der Waals surface area contributed by atoms with Gasteiger partial charge in [0, 0.05) is 16.7 Å². The second-order valence-electron chi connectivity index (χ2n) is 6.79. The van der Waals surface area contributed by atoms with E-state index in [1.54, 1.807) is 42.5 Å². The molecule has 0 fully saturated rings. The molecule has 0 atom stereocenters. The van der Waals surface area contributed by atoms with Gasteiger partial charge in [-0.15, -0.1) is 0 Å². The second-order valence-corrected chi connectivity index (χ2v) is 9.03. The lowest BCUT2D eigenvalue weighted by Gasteiger charge is -2.20. The maximum atomic E-state index is 13.1. The number of carbonyl (C=O) groups is 3. The topological polar surface area (TPSA) is 97.4 Å². The van der Waals surface area contributed by atoms with Crippen molar-refractivity contribution in [2.24, 2.45) is 0 Å². The van der Waals surface area contributed by atoms with Crippen molar-refractivity contribution in [3.63, 3.8) is 0 Å². The maximum absolute atomic E-state index is 13.1. The van der Waals surface area contributed by atoms with Crippen molar-refractivity contribution in [1.29, 1.82) is 0 Å². The van der Waals surface area contributed by atoms with Crippen LogP contribution in [0.4, 0.5) is 5.69 Å². The predicted molar refractivity (Wildman–Crippen MR) is 112 cm³/mol. The Morgan fingerprint density at radius 3 is 2.10 bits per heavy atom. The molecule has 1 aliphatic carbocycles. The van der Waals surface area contributed by atoms with E-state index in [-0.39, 0.29) is 50.2 Å². The largest absolute Gasteiger partial charge is 0.321 e. The second kappa shape index (κ2) is 7.35. The van der Waals surface area contributed by atoms with Crippen LogP contribution in [0.1, 0.15) is 49.1 Å². The molecule has 0 unspecified atom stereocenters. The predicted octanol–water partition coefficient (Wildman–Crippen LogP) is 3.51. The highest BCUT2D eigenvalue weighted by atomic mass is 32.2. The Kier molecular flexibility index (Phi) is 4.83. The Bertz CT molecular complexity index is 1320. The SMILES string of the molecule is CCS(=O)(=O)c1ccccc1C(=O)Nc1cccc2c1C(=O)c1ccccc1C2=O. The molecule has 6 nitrogen and oxygen atoms in total. The third-order valence-corrected chi connectivity index (χ3v) is 6.83. The zero-order valence-corrected chi connectivity index (χ0v) is 16.8. The molecule has 0 radical (unpaired) electrons. The smallest absolute Gasteiger partial charge is 0.257 e. The van der Waals surface area contributed by atoms with Gasteiger partial charge in [-0.05, 0) is 18.2 Å². The van der Waals surface area contributed by atoms with Crippen LogP contribution in [0.5, 0.6) is 0 Å². The number of hydrogen-bond donors (Lipinski definition) is 1. The normalized spacial score (nSPS) is 12.8. The molecular weight excluding hydrogens is 402 g/mol. The number of ketones is 2. The summed E-state index contributed by atoms with van der Waals surface area (Å²) in [6.07, 6.45) is 0. The van der Waals surface area contributed by atoms with Gasteiger partial charge in [-0.2, -0.15) is 0 Å². The van der Waals surface area contributed by atoms with Gasteiger partial charge >= 0.3 is 0 Å². The number of sulfone groups is 1. The van der Waals surface area contributed by atoms with Crippen LogP contribution in [0, 0.1) is 0 Å². The van der Waals surface area contributed by atoms with Gasteiger partial charge < -0.3 is 5.32 Å². The molecule has 150 valence electrons. The number of carbonyl (C=O) groups excluding carboxylic acids is 3. The van der Waals surface area contributed by atoms with E-state index in [9.17, 15) is 22.8 Å². The van der Waals surface area contributed by atoms with E-state index in [1.165, 1.54) is 31.2 Å². The molecule has 3 aromatic carbocycles. The number of rotatable bonds is 4. The molecule has 30 heavy (non-hydrogen) atoms. The lowest BCUT2D eigenvalue weighted by Crippen LogP contribution is -2.24. The van der Waals surface area contributed by atoms with E-state index in [4.69, 9.17) is 0 Å². The highest BCUT2D eigenvalue weighted by Crippen LogP contribution is 2.32. The van der Waals surface area contributed by atoms with E-state index in [0.717, 1.165) is 0 Å². The summed E-state index contributed by atoms with van der Waals surface area (Å²) in [7, 11) is -3.62. The zero-order valence-electron chi connectivity index (χ0n) is 16.0. The highest BCUT2D eigenvalue weighted by Gasteiger charge is 2.32. The molecule has 1 aliphatic rings. The standard InChI is InChI=1S/C23H17NO5S/c1-2-30(28,29)19-13-6-5-10-16(19)23(27)24-18-12-7-11-17-20(18)22(26)15-9-4-3-8-14(15)21(17)25/h3-13H,2H2,1H3,(H,24,27). The molecule has 0 bridgehead atoms. The van der Waals surface area contributed by atoms with Gasteiger partial charge in [0.15, 0.2) is 21.4 Å². The van der Waals surface area contributed by atoms with Crippen LogP contribution in [-0.4, -0.2) is 31.6 Å². The first-order valence-electron chi connectivity index (χ1n) is 9.29. The molecule has 0 saturated heterocycles. The minimum absolute atomic E-state index is 0.0214. The summed E-state index contributed by atoms with van der Waals surface area (Å²) < 4.78 is 24.7. The molecule has 0 spiro atoms. The Morgan fingerprint density at radius 1 is 0.800 bits per heavy atom. The molecule has 7 heteroatoms. The minimum atomic E-state index is -3.62. The quantitative estimate of drug-likeness (QED) is 0.546. The molecule has 0 aliphatic heterocycles. The van der Waals surface area contributed by atoms with Gasteiger partial charge in [0.2, 0.25) is 0 Å². The van der Waals surface area contributed by atoms with Crippen molar-refractivity contribution < 1.29 is 22.8 Å². The minimum Gasteiger partial charge on any atom is -0.321 e. The maximum Gasteiger partial charge on any atom is 0.257 e. The molecule has 4 rings (SSSR count). The summed E-state index contributed by atoms with van der Waals surface area (Å²) >= 11 is 0. The lowest BCUT2D eigenvalue weighted by atomic mass is 9.83. The molecular formula is C23H17NO5S. The first kappa shape index (κ1) is 19.7. The molecule has 0 aromatic heterocycles. The zero-order chi connectivity index (χ0) is 21.5. The Hall–Kier alpha value is -3.58. The average molecular weight is 419 g/mol. The number of hydrogen-bond acceptors (Lipinski definition) is 5. The van der Waals surface area contributed by atoms with Gasteiger partial charge in [-0.3, -0.25) is 14.4 Å². The van der Waals surface area contributed by atoms with E-state index < -0.39 is 15.7 Å². The van der Waals surface area contributed by atoms with Crippen LogP contribution >= 0.6 is 0 Å². The van der Waals surface area contributed by atoms with Crippen LogP contribution in [-0.2, 0) is 9.84 Å². The Labute approximate surface area is 173 Å². The third kappa shape index (κ3) is 3.13. The van der Waals surface area contributed by atoms with Crippen LogP contribution in [0.25, 0.3) is 0 Å². The van der Waals surface area contributed by atoms with Crippen molar-refractivity contribution in [3.8, 4) is 0 Å². The van der Waals surface area contributed by atoms with E-state index in [2.05, 4.69) is 5.32 Å². The molecule has 0 saturated carbocycles. The summed E-state index contributed by atoms with van der Waals surface area (Å²) in [5, 5.41) is 2.63. The third-order valence-electron chi connectivity index (χ3n) is 5.05. The number of nitrogens with one attached hydrogen (secondary N) is 1. The summed E-state index contributed by atoms with van der Waals surface area (Å²) in [6, 6.07) is 17.0. The highest BCUT2D eigenvalue weighted by molar-refractivity contribution is 7.91. The van der Waals surface area contributed by atoms with Crippen LogP contribution in [0.15, 0.2) is 71.6 Å². The number of fused-ring (bicyclic) bond motifs is 2. The van der Waals surface area contributed by atoms with Gasteiger partial charge in [0.25, 0.3) is 5.91 Å². The molecule has 0 heterocycles. The van der Waals surface area contributed by atoms with Gasteiger partial charge in [0.05, 0.1) is 27.5 Å². The van der Waals surface area contributed by atoms with Crippen molar-refractivity contribution >= 4 is 33.0 Å². The fourth-order valence-electron chi connectivity index (χ4n) is 3.52. The summed E-state index contributed by atoms with van der Waals surface area (Å²) in [5.74, 6) is -1.49. The van der Waals surface area contributed by atoms with Gasteiger partial charge in [-0.25, -0.2) is 8.42 Å². The monoisotopic (exact) mass is 419 g/mol. The average Bonchev–Trinajstić information content (AvgIpc) is 2.77. The van der Waals surface area contributed by atoms with Gasteiger partial charge in [-0.1, -0.05) is 55.5 Å². The molecule has 1 N–H and O–H groups in total. The first-order chi connectivity index (χ1) is 14.3. The van der Waals surface area contributed by atoms with E-state index >= 15 is 0 Å². The first-order valence-corrected chi connectivity index (χ1v) is 10.9. The summed E-state index contributed by atoms with van der Waals surface area (Å²) in [6.45, 7) is 1.50. The lowest BCUT2D eigenvalue weighted by molar-refractivity contribution is 0.0978. The molecule has 3 aromatic rings.